The van der Waals surface area contributed by atoms with Gasteiger partial charge in [0.25, 0.3) is 0 Å². The van der Waals surface area contributed by atoms with Gasteiger partial charge in [0.1, 0.15) is 5.54 Å². The second-order valence-electron chi connectivity index (χ2n) is 5.77. The molecule has 1 amide bonds. The van der Waals surface area contributed by atoms with Crippen LogP contribution in [0, 0.1) is 0 Å². The van der Waals surface area contributed by atoms with Gasteiger partial charge in [-0.2, -0.15) is 0 Å². The summed E-state index contributed by atoms with van der Waals surface area (Å²) in [5, 5.41) is 6.31. The molecule has 0 bridgehead atoms. The lowest BCUT2D eigenvalue weighted by molar-refractivity contribution is -0.126. The Kier molecular flexibility index (Phi) is 4.33. The Morgan fingerprint density at radius 3 is 2.75 bits per heavy atom. The molecule has 4 heteroatoms. The first kappa shape index (κ1) is 14.9. The number of benzene rings is 1. The molecule has 1 aromatic carbocycles. The van der Waals surface area contributed by atoms with E-state index >= 15 is 0 Å². The van der Waals surface area contributed by atoms with E-state index in [1.165, 1.54) is 5.56 Å². The standard InChI is InChI=1S/C16H25N3O/c1-5-13(17-4)12-8-6-7-9-14(12)19-11-10-18-15(20)16(19,2)3/h6-9,13,17H,5,10-11H2,1-4H3,(H,18,20). The molecule has 2 N–H and O–H groups in total. The first-order valence-electron chi connectivity index (χ1n) is 7.34. The van der Waals surface area contributed by atoms with Gasteiger partial charge in [0.15, 0.2) is 0 Å². The van der Waals surface area contributed by atoms with Crippen molar-refractivity contribution in [2.24, 2.45) is 0 Å². The van der Waals surface area contributed by atoms with Gasteiger partial charge in [-0.25, -0.2) is 0 Å². The number of rotatable bonds is 4. The van der Waals surface area contributed by atoms with Crippen molar-refractivity contribution in [3.63, 3.8) is 0 Å². The quantitative estimate of drug-likeness (QED) is 0.884. The fourth-order valence-corrected chi connectivity index (χ4v) is 2.93. The van der Waals surface area contributed by atoms with Gasteiger partial charge in [-0.05, 0) is 38.9 Å². The molecule has 0 radical (unpaired) electrons. The number of anilines is 1. The van der Waals surface area contributed by atoms with Crippen LogP contribution in [0.5, 0.6) is 0 Å². The first-order chi connectivity index (χ1) is 9.52. The van der Waals surface area contributed by atoms with Crippen molar-refractivity contribution in [1.29, 1.82) is 0 Å². The Bertz CT molecular complexity index is 480. The van der Waals surface area contributed by atoms with Crippen LogP contribution in [-0.2, 0) is 4.79 Å². The molecule has 1 atom stereocenters. The number of carbonyl (C=O) groups is 1. The van der Waals surface area contributed by atoms with Crippen LogP contribution in [0.2, 0.25) is 0 Å². The average molecular weight is 275 g/mol. The molecule has 1 heterocycles. The highest BCUT2D eigenvalue weighted by atomic mass is 16.2. The van der Waals surface area contributed by atoms with Crippen LogP contribution in [0.1, 0.15) is 38.8 Å². The lowest BCUT2D eigenvalue weighted by atomic mass is 9.94. The summed E-state index contributed by atoms with van der Waals surface area (Å²) in [7, 11) is 1.99. The Hall–Kier alpha value is -1.55. The summed E-state index contributed by atoms with van der Waals surface area (Å²) in [5.41, 5.74) is 1.91. The topological polar surface area (TPSA) is 44.4 Å². The number of carbonyl (C=O) groups excluding carboxylic acids is 1. The smallest absolute Gasteiger partial charge is 0.245 e. The van der Waals surface area contributed by atoms with Crippen molar-refractivity contribution in [2.75, 3.05) is 25.0 Å². The molecule has 20 heavy (non-hydrogen) atoms. The number of amides is 1. The molecule has 1 aromatic rings. The van der Waals surface area contributed by atoms with Gasteiger partial charge >= 0.3 is 0 Å². The Morgan fingerprint density at radius 2 is 2.10 bits per heavy atom. The summed E-state index contributed by atoms with van der Waals surface area (Å²) in [6, 6.07) is 8.70. The van der Waals surface area contributed by atoms with Gasteiger partial charge in [0.05, 0.1) is 0 Å². The number of nitrogens with one attached hydrogen (secondary N) is 2. The Balaban J connectivity index is 2.44. The van der Waals surface area contributed by atoms with Crippen molar-refractivity contribution in [3.05, 3.63) is 29.8 Å². The summed E-state index contributed by atoms with van der Waals surface area (Å²) in [6.45, 7) is 7.69. The molecule has 1 aliphatic rings. The zero-order valence-electron chi connectivity index (χ0n) is 12.9. The van der Waals surface area contributed by atoms with Crippen LogP contribution in [-0.4, -0.2) is 31.6 Å². The normalized spacial score (nSPS) is 19.6. The van der Waals surface area contributed by atoms with Crippen LogP contribution >= 0.6 is 0 Å². The molecule has 1 fully saturated rings. The largest absolute Gasteiger partial charge is 0.355 e. The summed E-state index contributed by atoms with van der Waals surface area (Å²) in [6.07, 6.45) is 1.02. The molecule has 1 aliphatic heterocycles. The fraction of sp³-hybridized carbons (Fsp3) is 0.562. The first-order valence-corrected chi connectivity index (χ1v) is 7.34. The average Bonchev–Trinajstić information content (AvgIpc) is 2.44. The van der Waals surface area contributed by atoms with Crippen LogP contribution in [0.15, 0.2) is 24.3 Å². The van der Waals surface area contributed by atoms with Crippen molar-refractivity contribution in [1.82, 2.24) is 10.6 Å². The molecular weight excluding hydrogens is 250 g/mol. The van der Waals surface area contributed by atoms with Gasteiger partial charge < -0.3 is 15.5 Å². The van der Waals surface area contributed by atoms with E-state index in [4.69, 9.17) is 0 Å². The van der Waals surface area contributed by atoms with Crippen LogP contribution < -0.4 is 15.5 Å². The van der Waals surface area contributed by atoms with Gasteiger partial charge in [-0.1, -0.05) is 25.1 Å². The third kappa shape index (κ3) is 2.52. The van der Waals surface area contributed by atoms with E-state index in [1.54, 1.807) is 0 Å². The number of para-hydroxylation sites is 1. The molecule has 1 unspecified atom stereocenters. The second-order valence-corrected chi connectivity index (χ2v) is 5.77. The van der Waals surface area contributed by atoms with Crippen LogP contribution in [0.3, 0.4) is 0 Å². The molecule has 4 nitrogen and oxygen atoms in total. The van der Waals surface area contributed by atoms with E-state index in [-0.39, 0.29) is 5.91 Å². The minimum absolute atomic E-state index is 0.0936. The predicted octanol–water partition coefficient (Wildman–Crippen LogP) is 2.07. The number of hydrogen-bond acceptors (Lipinski definition) is 3. The maximum absolute atomic E-state index is 12.2. The highest BCUT2D eigenvalue weighted by Gasteiger charge is 2.38. The summed E-state index contributed by atoms with van der Waals surface area (Å²) in [5.74, 6) is 0.0936. The molecule has 0 aromatic heterocycles. The Morgan fingerprint density at radius 1 is 1.40 bits per heavy atom. The third-order valence-corrected chi connectivity index (χ3v) is 4.21. The molecule has 1 saturated heterocycles. The van der Waals surface area contributed by atoms with E-state index in [0.717, 1.165) is 18.7 Å². The van der Waals surface area contributed by atoms with Crippen molar-refractivity contribution in [2.45, 2.75) is 38.8 Å². The monoisotopic (exact) mass is 275 g/mol. The number of hydrogen-bond donors (Lipinski definition) is 2. The molecular formula is C16H25N3O. The maximum atomic E-state index is 12.2. The fourth-order valence-electron chi connectivity index (χ4n) is 2.93. The van der Waals surface area contributed by atoms with Crippen molar-refractivity contribution >= 4 is 11.6 Å². The van der Waals surface area contributed by atoms with E-state index in [0.29, 0.717) is 12.6 Å². The lowest BCUT2D eigenvalue weighted by Crippen LogP contribution is -2.62. The minimum Gasteiger partial charge on any atom is -0.355 e. The molecule has 0 saturated carbocycles. The van der Waals surface area contributed by atoms with Gasteiger partial charge in [-0.15, -0.1) is 0 Å². The molecule has 2 rings (SSSR count). The van der Waals surface area contributed by atoms with E-state index in [1.807, 2.05) is 27.0 Å². The summed E-state index contributed by atoms with van der Waals surface area (Å²) >= 11 is 0. The number of nitrogens with zero attached hydrogens (tertiary/aromatic N) is 1. The van der Waals surface area contributed by atoms with Gasteiger partial charge in [-0.3, -0.25) is 4.79 Å². The van der Waals surface area contributed by atoms with Crippen LogP contribution in [0.25, 0.3) is 0 Å². The maximum Gasteiger partial charge on any atom is 0.245 e. The minimum atomic E-state index is -0.514. The molecule has 0 spiro atoms. The van der Waals surface area contributed by atoms with Gasteiger partial charge in [0, 0.05) is 24.8 Å². The van der Waals surface area contributed by atoms with E-state index in [9.17, 15) is 4.79 Å². The van der Waals surface area contributed by atoms with E-state index in [2.05, 4.69) is 40.7 Å². The van der Waals surface area contributed by atoms with E-state index < -0.39 is 5.54 Å². The van der Waals surface area contributed by atoms with Crippen molar-refractivity contribution < 1.29 is 4.79 Å². The Labute approximate surface area is 121 Å². The lowest BCUT2D eigenvalue weighted by Gasteiger charge is -2.44. The second kappa shape index (κ2) is 5.83. The highest BCUT2D eigenvalue weighted by molar-refractivity contribution is 5.90. The summed E-state index contributed by atoms with van der Waals surface area (Å²) < 4.78 is 0. The zero-order valence-corrected chi connectivity index (χ0v) is 12.9. The third-order valence-electron chi connectivity index (χ3n) is 4.21. The highest BCUT2D eigenvalue weighted by Crippen LogP contribution is 2.33. The van der Waals surface area contributed by atoms with Gasteiger partial charge in [0.2, 0.25) is 5.91 Å². The molecule has 110 valence electrons. The predicted molar refractivity (Wildman–Crippen MR) is 83.0 cm³/mol. The zero-order chi connectivity index (χ0) is 14.8. The SMILES string of the molecule is CCC(NC)c1ccccc1N1CCNC(=O)C1(C)C. The number of piperazine rings is 1. The summed E-state index contributed by atoms with van der Waals surface area (Å²) in [4.78, 5) is 14.4. The van der Waals surface area contributed by atoms with Crippen molar-refractivity contribution in [3.8, 4) is 0 Å². The van der Waals surface area contributed by atoms with Crippen LogP contribution in [0.4, 0.5) is 5.69 Å². The molecule has 0 aliphatic carbocycles.